The molecular weight excluding hydrogens is 249 g/mol. The summed E-state index contributed by atoms with van der Waals surface area (Å²) in [7, 11) is 0. The fourth-order valence-corrected chi connectivity index (χ4v) is 2.20. The van der Waals surface area contributed by atoms with Gasteiger partial charge in [0.2, 0.25) is 0 Å². The van der Waals surface area contributed by atoms with E-state index in [2.05, 4.69) is 5.10 Å². The van der Waals surface area contributed by atoms with Crippen molar-refractivity contribution in [1.82, 2.24) is 9.78 Å². The first-order valence-corrected chi connectivity index (χ1v) is 5.57. The average Bonchev–Trinajstić information content (AvgIpc) is 2.85. The van der Waals surface area contributed by atoms with Crippen molar-refractivity contribution < 1.29 is 22.7 Å². The largest absolute Gasteiger partial charge is 0.455 e. The molecule has 1 fully saturated rings. The Labute approximate surface area is 102 Å². The molecule has 2 heterocycles. The van der Waals surface area contributed by atoms with Gasteiger partial charge in [0.25, 0.3) is 5.78 Å². The number of alkyl halides is 3. The van der Waals surface area contributed by atoms with Gasteiger partial charge >= 0.3 is 6.18 Å². The minimum Gasteiger partial charge on any atom is -0.379 e. The molecule has 1 aromatic heterocycles. The zero-order valence-electron chi connectivity index (χ0n) is 10.0. The van der Waals surface area contributed by atoms with Crippen LogP contribution < -0.4 is 0 Å². The molecule has 1 saturated heterocycles. The molecule has 7 heteroatoms. The van der Waals surface area contributed by atoms with Crippen molar-refractivity contribution in [2.45, 2.75) is 32.5 Å². The van der Waals surface area contributed by atoms with Crippen LogP contribution in [0.15, 0.2) is 0 Å². The Hall–Kier alpha value is -1.37. The number of Topliss-reactive ketones (excluding diaryl/α,β-unsaturated/α-hetero) is 1. The van der Waals surface area contributed by atoms with Crippen molar-refractivity contribution in [3.63, 3.8) is 0 Å². The van der Waals surface area contributed by atoms with Crippen molar-refractivity contribution in [3.8, 4) is 0 Å². The van der Waals surface area contributed by atoms with Crippen LogP contribution in [0.5, 0.6) is 0 Å². The first kappa shape index (κ1) is 13.1. The highest BCUT2D eigenvalue weighted by molar-refractivity contribution is 6.02. The Morgan fingerprint density at radius 2 is 2.11 bits per heavy atom. The third-order valence-corrected chi connectivity index (χ3v) is 3.06. The minimum atomic E-state index is -4.87. The average molecular weight is 262 g/mol. The second-order valence-electron chi connectivity index (χ2n) is 4.33. The van der Waals surface area contributed by atoms with Crippen LogP contribution in [0.25, 0.3) is 0 Å². The van der Waals surface area contributed by atoms with Gasteiger partial charge in [-0.05, 0) is 20.3 Å². The lowest BCUT2D eigenvalue weighted by Gasteiger charge is -2.11. The summed E-state index contributed by atoms with van der Waals surface area (Å²) in [6, 6.07) is -0.0847. The van der Waals surface area contributed by atoms with Crippen molar-refractivity contribution in [2.24, 2.45) is 0 Å². The molecule has 0 bridgehead atoms. The van der Waals surface area contributed by atoms with Gasteiger partial charge in [-0.15, -0.1) is 0 Å². The van der Waals surface area contributed by atoms with Crippen molar-refractivity contribution >= 4 is 5.78 Å². The highest BCUT2D eigenvalue weighted by Gasteiger charge is 2.42. The van der Waals surface area contributed by atoms with E-state index in [-0.39, 0.29) is 23.0 Å². The Bertz CT molecular complexity index is 473. The summed E-state index contributed by atoms with van der Waals surface area (Å²) in [5, 5.41) is 4.04. The third-order valence-electron chi connectivity index (χ3n) is 3.06. The number of ether oxygens (including phenoxy) is 1. The van der Waals surface area contributed by atoms with Gasteiger partial charge in [0, 0.05) is 12.3 Å². The first-order chi connectivity index (χ1) is 8.32. The number of hydrogen-bond donors (Lipinski definition) is 0. The molecule has 4 nitrogen and oxygen atoms in total. The first-order valence-electron chi connectivity index (χ1n) is 5.57. The Balaban J connectivity index is 2.41. The van der Waals surface area contributed by atoms with E-state index in [4.69, 9.17) is 4.74 Å². The lowest BCUT2D eigenvalue weighted by molar-refractivity contribution is -0.0886. The Morgan fingerprint density at radius 3 is 2.61 bits per heavy atom. The summed E-state index contributed by atoms with van der Waals surface area (Å²) in [5.41, 5.74) is 0.0291. The molecule has 0 aliphatic carbocycles. The molecule has 0 saturated carbocycles. The van der Waals surface area contributed by atoms with E-state index in [9.17, 15) is 18.0 Å². The second kappa shape index (κ2) is 4.38. The molecule has 0 radical (unpaired) electrons. The standard InChI is InChI=1S/C11H13F3N2O2/c1-6-9(10(17)11(12,13)14)7(2)16(15-6)8-3-4-18-5-8/h8H,3-5H2,1-2H3. The van der Waals surface area contributed by atoms with Gasteiger partial charge in [0.15, 0.2) is 0 Å². The smallest absolute Gasteiger partial charge is 0.379 e. The number of ketones is 1. The number of nitrogens with zero attached hydrogens (tertiary/aromatic N) is 2. The number of halogens is 3. The number of aromatic nitrogens is 2. The van der Waals surface area contributed by atoms with Crippen LogP contribution in [0.4, 0.5) is 13.2 Å². The van der Waals surface area contributed by atoms with Crippen LogP contribution in [-0.2, 0) is 4.74 Å². The maximum Gasteiger partial charge on any atom is 0.455 e. The molecule has 18 heavy (non-hydrogen) atoms. The molecule has 100 valence electrons. The number of aryl methyl sites for hydroxylation is 1. The molecule has 0 amide bonds. The van der Waals surface area contributed by atoms with Gasteiger partial charge in [0.1, 0.15) is 0 Å². The summed E-state index contributed by atoms with van der Waals surface area (Å²) in [5.74, 6) is -1.83. The molecule has 1 atom stereocenters. The van der Waals surface area contributed by atoms with E-state index >= 15 is 0 Å². The molecule has 2 rings (SSSR count). The maximum atomic E-state index is 12.5. The van der Waals surface area contributed by atoms with Crippen LogP contribution >= 0.6 is 0 Å². The molecule has 1 unspecified atom stereocenters. The van der Waals surface area contributed by atoms with Gasteiger partial charge in [0.05, 0.1) is 23.9 Å². The molecule has 1 aromatic rings. The van der Waals surface area contributed by atoms with Gasteiger partial charge < -0.3 is 4.74 Å². The summed E-state index contributed by atoms with van der Waals surface area (Å²) >= 11 is 0. The van der Waals surface area contributed by atoms with Crippen molar-refractivity contribution in [3.05, 3.63) is 17.0 Å². The molecule has 1 aliphatic rings. The van der Waals surface area contributed by atoms with Crippen LogP contribution in [0.1, 0.15) is 34.2 Å². The van der Waals surface area contributed by atoms with E-state index in [1.54, 1.807) is 0 Å². The summed E-state index contributed by atoms with van der Waals surface area (Å²) in [6.45, 7) is 3.88. The van der Waals surface area contributed by atoms with E-state index < -0.39 is 12.0 Å². The lowest BCUT2D eigenvalue weighted by atomic mass is 10.1. The molecule has 0 N–H and O–H groups in total. The fourth-order valence-electron chi connectivity index (χ4n) is 2.20. The van der Waals surface area contributed by atoms with Crippen molar-refractivity contribution in [1.29, 1.82) is 0 Å². The number of rotatable bonds is 2. The predicted molar refractivity (Wildman–Crippen MR) is 56.6 cm³/mol. The summed E-state index contributed by atoms with van der Waals surface area (Å²) in [6.07, 6.45) is -4.17. The monoisotopic (exact) mass is 262 g/mol. The van der Waals surface area contributed by atoms with Crippen LogP contribution in [0.3, 0.4) is 0 Å². The molecule has 0 aromatic carbocycles. The Kier molecular flexibility index (Phi) is 3.18. The third kappa shape index (κ3) is 2.14. The van der Waals surface area contributed by atoms with Crippen LogP contribution in [0, 0.1) is 13.8 Å². The highest BCUT2D eigenvalue weighted by Crippen LogP contribution is 2.28. The van der Waals surface area contributed by atoms with E-state index in [0.29, 0.717) is 19.6 Å². The number of carbonyl (C=O) groups excluding carboxylic acids is 1. The minimum absolute atomic E-state index is 0.0847. The van der Waals surface area contributed by atoms with Gasteiger partial charge in [-0.3, -0.25) is 9.48 Å². The zero-order valence-corrected chi connectivity index (χ0v) is 10.0. The van der Waals surface area contributed by atoms with Crippen molar-refractivity contribution in [2.75, 3.05) is 13.2 Å². The van der Waals surface area contributed by atoms with E-state index in [1.807, 2.05) is 0 Å². The molecule has 1 aliphatic heterocycles. The second-order valence-corrected chi connectivity index (χ2v) is 4.33. The van der Waals surface area contributed by atoms with Crippen LogP contribution in [0.2, 0.25) is 0 Å². The quantitative estimate of drug-likeness (QED) is 0.767. The fraction of sp³-hybridized carbons (Fsp3) is 0.636. The predicted octanol–water partition coefficient (Wildman–Crippen LogP) is 2.21. The molecular formula is C11H13F3N2O2. The Morgan fingerprint density at radius 1 is 1.44 bits per heavy atom. The van der Waals surface area contributed by atoms with E-state index in [0.717, 1.165) is 0 Å². The maximum absolute atomic E-state index is 12.5. The van der Waals surface area contributed by atoms with E-state index in [1.165, 1.54) is 18.5 Å². The van der Waals surface area contributed by atoms with Gasteiger partial charge in [-0.2, -0.15) is 18.3 Å². The summed E-state index contributed by atoms with van der Waals surface area (Å²) in [4.78, 5) is 11.3. The van der Waals surface area contributed by atoms with Gasteiger partial charge in [-0.1, -0.05) is 0 Å². The lowest BCUT2D eigenvalue weighted by Crippen LogP contribution is -2.24. The topological polar surface area (TPSA) is 44.1 Å². The number of carbonyl (C=O) groups is 1. The zero-order chi connectivity index (χ0) is 13.5. The van der Waals surface area contributed by atoms with Gasteiger partial charge in [-0.25, -0.2) is 0 Å². The molecule has 0 spiro atoms. The normalized spacial score (nSPS) is 20.4. The number of hydrogen-bond acceptors (Lipinski definition) is 3. The summed E-state index contributed by atoms with van der Waals surface area (Å²) < 4.78 is 44.1. The highest BCUT2D eigenvalue weighted by atomic mass is 19.4. The van der Waals surface area contributed by atoms with Crippen LogP contribution in [-0.4, -0.2) is 35.0 Å². The SMILES string of the molecule is Cc1nn(C2CCOC2)c(C)c1C(=O)C(F)(F)F.